The van der Waals surface area contributed by atoms with Crippen molar-refractivity contribution in [2.24, 2.45) is 46.3 Å². The summed E-state index contributed by atoms with van der Waals surface area (Å²) in [5.41, 5.74) is 1.32. The van der Waals surface area contributed by atoms with Gasteiger partial charge in [-0.15, -0.1) is 0 Å². The zero-order valence-electron chi connectivity index (χ0n) is 16.1. The minimum absolute atomic E-state index is 0.652. The third-order valence-electron chi connectivity index (χ3n) is 8.59. The second-order valence-corrected chi connectivity index (χ2v) is 10.2. The minimum atomic E-state index is 0.652. The van der Waals surface area contributed by atoms with Crippen LogP contribution in [0, 0.1) is 46.3 Å². The van der Waals surface area contributed by atoms with Gasteiger partial charge in [-0.1, -0.05) is 54.4 Å². The Morgan fingerprint density at radius 3 is 2.41 bits per heavy atom. The molecule has 0 saturated heterocycles. The molecular weight excluding hydrogens is 264 g/mol. The minimum Gasteiger partial charge on any atom is -0.0654 e. The molecule has 0 bridgehead atoms. The van der Waals surface area contributed by atoms with Crippen LogP contribution in [-0.4, -0.2) is 0 Å². The highest BCUT2D eigenvalue weighted by Gasteiger charge is 2.59. The van der Waals surface area contributed by atoms with Crippen molar-refractivity contribution in [1.82, 2.24) is 0 Å². The lowest BCUT2D eigenvalue weighted by Gasteiger charge is -2.57. The number of hydrogen-bond donors (Lipinski definition) is 0. The van der Waals surface area contributed by atoms with E-state index >= 15 is 0 Å². The van der Waals surface area contributed by atoms with E-state index in [0.29, 0.717) is 10.8 Å². The monoisotopic (exact) mass is 304 g/mol. The van der Waals surface area contributed by atoms with Gasteiger partial charge in [0.05, 0.1) is 0 Å². The predicted octanol–water partition coefficient (Wildman–Crippen LogP) is 6.94. The fraction of sp³-hybridized carbons (Fsp3) is 1.00. The van der Waals surface area contributed by atoms with Gasteiger partial charge >= 0.3 is 0 Å². The molecule has 3 fully saturated rings. The first kappa shape index (κ1) is 16.8. The molecule has 0 spiro atoms. The van der Waals surface area contributed by atoms with E-state index in [0.717, 1.165) is 35.5 Å². The van der Waals surface area contributed by atoms with E-state index in [4.69, 9.17) is 0 Å². The number of fused-ring (bicyclic) bond motifs is 3. The van der Waals surface area contributed by atoms with Gasteiger partial charge in [-0.2, -0.15) is 0 Å². The molecule has 0 aromatic carbocycles. The van der Waals surface area contributed by atoms with Crippen LogP contribution in [-0.2, 0) is 0 Å². The molecule has 0 heteroatoms. The summed E-state index contributed by atoms with van der Waals surface area (Å²) in [5, 5.41) is 0. The molecule has 128 valence electrons. The van der Waals surface area contributed by atoms with Crippen LogP contribution in [0.4, 0.5) is 0 Å². The quantitative estimate of drug-likeness (QED) is 0.530. The van der Waals surface area contributed by atoms with Crippen molar-refractivity contribution >= 4 is 0 Å². The average Bonchev–Trinajstić information content (AvgIpc) is 2.70. The summed E-state index contributed by atoms with van der Waals surface area (Å²) in [6.07, 6.45) is 12.0. The van der Waals surface area contributed by atoms with E-state index in [1.54, 1.807) is 6.42 Å². The highest BCUT2D eigenvalue weighted by molar-refractivity contribution is 5.08. The summed E-state index contributed by atoms with van der Waals surface area (Å²) in [4.78, 5) is 0. The topological polar surface area (TPSA) is 0 Å². The fourth-order valence-corrected chi connectivity index (χ4v) is 8.19. The Labute approximate surface area is 139 Å². The van der Waals surface area contributed by atoms with Crippen LogP contribution in [0.1, 0.15) is 92.9 Å². The molecule has 22 heavy (non-hydrogen) atoms. The normalized spacial score (nSPS) is 51.7. The Bertz CT molecular complexity index is 393. The first-order valence-electron chi connectivity index (χ1n) is 10.3. The van der Waals surface area contributed by atoms with Crippen LogP contribution in [0.2, 0.25) is 0 Å². The standard InChI is InChI=1S/C22H40/c1-7-11-21(5)12-8-9-17-18(21)10-13-22(6)19(17)14-16(4)20(22)15(2)3/h15-20H,7-14H2,1-6H3. The lowest BCUT2D eigenvalue weighted by atomic mass is 9.48. The summed E-state index contributed by atoms with van der Waals surface area (Å²) in [5.74, 6) is 5.91. The molecule has 3 aliphatic carbocycles. The molecular formula is C22H40. The van der Waals surface area contributed by atoms with Crippen LogP contribution in [0.15, 0.2) is 0 Å². The van der Waals surface area contributed by atoms with Crippen LogP contribution in [0.25, 0.3) is 0 Å². The van der Waals surface area contributed by atoms with Gasteiger partial charge in [0.1, 0.15) is 0 Å². The van der Waals surface area contributed by atoms with Gasteiger partial charge in [-0.3, -0.25) is 0 Å². The van der Waals surface area contributed by atoms with E-state index in [-0.39, 0.29) is 0 Å². The second-order valence-electron chi connectivity index (χ2n) is 10.2. The summed E-state index contributed by atoms with van der Waals surface area (Å²) in [7, 11) is 0. The van der Waals surface area contributed by atoms with Gasteiger partial charge < -0.3 is 0 Å². The molecule has 0 nitrogen and oxygen atoms in total. The molecule has 3 aliphatic rings. The van der Waals surface area contributed by atoms with Crippen LogP contribution in [0.3, 0.4) is 0 Å². The van der Waals surface area contributed by atoms with Crippen LogP contribution >= 0.6 is 0 Å². The Balaban J connectivity index is 1.88. The molecule has 3 rings (SSSR count). The predicted molar refractivity (Wildman–Crippen MR) is 96.8 cm³/mol. The third-order valence-corrected chi connectivity index (χ3v) is 8.59. The van der Waals surface area contributed by atoms with Crippen molar-refractivity contribution in [3.8, 4) is 0 Å². The molecule has 0 aromatic rings. The molecule has 0 aromatic heterocycles. The molecule has 0 heterocycles. The fourth-order valence-electron chi connectivity index (χ4n) is 8.19. The molecule has 0 radical (unpaired) electrons. The van der Waals surface area contributed by atoms with Gasteiger partial charge in [0.2, 0.25) is 0 Å². The van der Waals surface area contributed by atoms with Crippen molar-refractivity contribution in [2.45, 2.75) is 92.9 Å². The van der Waals surface area contributed by atoms with Crippen molar-refractivity contribution in [2.75, 3.05) is 0 Å². The highest BCUT2D eigenvalue weighted by atomic mass is 14.6. The van der Waals surface area contributed by atoms with Gasteiger partial charge in [0.25, 0.3) is 0 Å². The van der Waals surface area contributed by atoms with Crippen molar-refractivity contribution in [3.63, 3.8) is 0 Å². The van der Waals surface area contributed by atoms with Crippen molar-refractivity contribution < 1.29 is 0 Å². The first-order chi connectivity index (χ1) is 10.3. The third kappa shape index (κ3) is 2.39. The lowest BCUT2D eigenvalue weighted by molar-refractivity contribution is -0.0769. The SMILES string of the molecule is CCCC1(C)CCCC2C1CCC1(C)C2CC(C)C1C(C)C. The number of hydrogen-bond acceptors (Lipinski definition) is 0. The van der Waals surface area contributed by atoms with E-state index in [9.17, 15) is 0 Å². The van der Waals surface area contributed by atoms with Gasteiger partial charge in [0, 0.05) is 0 Å². The van der Waals surface area contributed by atoms with Gasteiger partial charge in [-0.05, 0) is 84.9 Å². The Morgan fingerprint density at radius 1 is 1.05 bits per heavy atom. The maximum Gasteiger partial charge on any atom is -0.0261 e. The Hall–Kier alpha value is 0. The summed E-state index contributed by atoms with van der Waals surface area (Å²) >= 11 is 0. The van der Waals surface area contributed by atoms with Crippen LogP contribution < -0.4 is 0 Å². The van der Waals surface area contributed by atoms with Crippen molar-refractivity contribution in [1.29, 1.82) is 0 Å². The largest absolute Gasteiger partial charge is 0.0654 e. The van der Waals surface area contributed by atoms with Crippen molar-refractivity contribution in [3.05, 3.63) is 0 Å². The molecule has 0 N–H and O–H groups in total. The van der Waals surface area contributed by atoms with E-state index in [1.165, 1.54) is 44.9 Å². The summed E-state index contributed by atoms with van der Waals surface area (Å²) in [6, 6.07) is 0. The van der Waals surface area contributed by atoms with Gasteiger partial charge in [-0.25, -0.2) is 0 Å². The lowest BCUT2D eigenvalue weighted by Crippen LogP contribution is -2.49. The summed E-state index contributed by atoms with van der Waals surface area (Å²) < 4.78 is 0. The molecule has 0 aliphatic heterocycles. The smallest absolute Gasteiger partial charge is 0.0261 e. The molecule has 0 amide bonds. The second kappa shape index (κ2) is 5.82. The molecule has 7 atom stereocenters. The van der Waals surface area contributed by atoms with E-state index < -0.39 is 0 Å². The number of rotatable bonds is 3. The first-order valence-corrected chi connectivity index (χ1v) is 10.3. The van der Waals surface area contributed by atoms with Crippen LogP contribution in [0.5, 0.6) is 0 Å². The average molecular weight is 305 g/mol. The zero-order chi connectivity index (χ0) is 16.1. The summed E-state index contributed by atoms with van der Waals surface area (Å²) in [6.45, 7) is 15.3. The van der Waals surface area contributed by atoms with Gasteiger partial charge in [0.15, 0.2) is 0 Å². The maximum atomic E-state index is 2.69. The maximum absolute atomic E-state index is 2.69. The Morgan fingerprint density at radius 2 is 1.77 bits per heavy atom. The molecule has 7 unspecified atom stereocenters. The van der Waals surface area contributed by atoms with E-state index in [1.807, 2.05) is 0 Å². The highest BCUT2D eigenvalue weighted by Crippen LogP contribution is 2.67. The Kier molecular flexibility index (Phi) is 4.45. The molecule has 3 saturated carbocycles. The van der Waals surface area contributed by atoms with E-state index in [2.05, 4.69) is 41.5 Å². The zero-order valence-corrected chi connectivity index (χ0v) is 16.1.